The Bertz CT molecular complexity index is 910. The number of anilines is 1. The van der Waals surface area contributed by atoms with Crippen LogP contribution in [0, 0.1) is 0 Å². The van der Waals surface area contributed by atoms with E-state index in [-0.39, 0.29) is 23.6 Å². The minimum absolute atomic E-state index is 0.00961. The van der Waals surface area contributed by atoms with Gasteiger partial charge in [0.25, 0.3) is 0 Å². The zero-order chi connectivity index (χ0) is 19.4. The molecule has 0 spiro atoms. The number of nitrogens with one attached hydrogen (secondary N) is 1. The van der Waals surface area contributed by atoms with Crippen molar-refractivity contribution >= 4 is 40.5 Å². The van der Waals surface area contributed by atoms with Crippen molar-refractivity contribution in [2.45, 2.75) is 12.6 Å². The van der Waals surface area contributed by atoms with E-state index in [2.05, 4.69) is 10.3 Å². The quantitative estimate of drug-likeness (QED) is 0.800. The Labute approximate surface area is 157 Å². The van der Waals surface area contributed by atoms with E-state index in [0.717, 1.165) is 12.1 Å². The first-order valence-electron chi connectivity index (χ1n) is 8.06. The number of hydrogen-bond donors (Lipinski definition) is 1. The first kappa shape index (κ1) is 19.2. The van der Waals surface area contributed by atoms with Crippen molar-refractivity contribution in [2.24, 2.45) is 4.99 Å². The van der Waals surface area contributed by atoms with Gasteiger partial charge in [0.1, 0.15) is 0 Å². The Balaban J connectivity index is 1.54. The number of para-hydroxylation sites is 1. The maximum Gasteiger partial charge on any atom is 0.416 e. The molecule has 0 atom stereocenters. The number of aliphatic imine (C=N–C) groups is 1. The van der Waals surface area contributed by atoms with Crippen LogP contribution in [0.3, 0.4) is 0 Å². The van der Waals surface area contributed by atoms with Gasteiger partial charge >= 0.3 is 6.18 Å². The molecular formula is C19H15F3N2O2S. The highest BCUT2D eigenvalue weighted by atomic mass is 32.2. The van der Waals surface area contributed by atoms with Crippen molar-refractivity contribution in [1.29, 1.82) is 0 Å². The number of nitrogens with zero attached hydrogens (tertiary/aromatic N) is 1. The number of hydrogen-bond acceptors (Lipinski definition) is 4. The average Bonchev–Trinajstić information content (AvgIpc) is 2.61. The number of rotatable bonds is 5. The summed E-state index contributed by atoms with van der Waals surface area (Å²) in [6, 6.07) is 11.6. The van der Waals surface area contributed by atoms with Crippen LogP contribution in [0.25, 0.3) is 0 Å². The molecule has 1 amide bonds. The molecular weight excluding hydrogens is 377 g/mol. The molecule has 2 aromatic carbocycles. The van der Waals surface area contributed by atoms with Crippen LogP contribution in [-0.4, -0.2) is 28.9 Å². The summed E-state index contributed by atoms with van der Waals surface area (Å²) < 4.78 is 38.1. The molecule has 0 bridgehead atoms. The van der Waals surface area contributed by atoms with Crippen molar-refractivity contribution in [2.75, 3.05) is 16.8 Å². The number of alkyl halides is 3. The normalized spacial score (nSPS) is 13.7. The molecule has 0 saturated heterocycles. The number of ketones is 1. The molecule has 0 unspecified atom stereocenters. The summed E-state index contributed by atoms with van der Waals surface area (Å²) in [5.41, 5.74) is 1.16. The number of benzene rings is 2. The first-order chi connectivity index (χ1) is 12.8. The van der Waals surface area contributed by atoms with Gasteiger partial charge in [0, 0.05) is 22.7 Å². The van der Waals surface area contributed by atoms with E-state index >= 15 is 0 Å². The highest BCUT2D eigenvalue weighted by Gasteiger charge is 2.30. The number of fused-ring (bicyclic) bond motifs is 1. The molecule has 1 aliphatic heterocycles. The van der Waals surface area contributed by atoms with E-state index in [9.17, 15) is 22.8 Å². The second-order valence-electron chi connectivity index (χ2n) is 5.91. The second kappa shape index (κ2) is 7.96. The van der Waals surface area contributed by atoms with E-state index in [1.165, 1.54) is 23.9 Å². The average molecular weight is 392 g/mol. The van der Waals surface area contributed by atoms with E-state index < -0.39 is 17.6 Å². The summed E-state index contributed by atoms with van der Waals surface area (Å²) in [5.74, 6) is 0.0216. The Morgan fingerprint density at radius 1 is 1.15 bits per heavy atom. The molecule has 0 fully saturated rings. The lowest BCUT2D eigenvalue weighted by Crippen LogP contribution is -2.18. The van der Waals surface area contributed by atoms with Crippen LogP contribution < -0.4 is 5.32 Å². The maximum atomic E-state index is 12.7. The Kier molecular flexibility index (Phi) is 5.65. The topological polar surface area (TPSA) is 58.5 Å². The van der Waals surface area contributed by atoms with Gasteiger partial charge in [-0.25, -0.2) is 0 Å². The molecule has 1 N–H and O–H groups in total. The lowest BCUT2D eigenvalue weighted by molar-refractivity contribution is -0.137. The van der Waals surface area contributed by atoms with Crippen molar-refractivity contribution < 1.29 is 22.8 Å². The van der Waals surface area contributed by atoms with Gasteiger partial charge in [-0.15, -0.1) is 11.8 Å². The molecule has 8 heteroatoms. The van der Waals surface area contributed by atoms with Crippen LogP contribution in [-0.2, 0) is 11.0 Å². The van der Waals surface area contributed by atoms with Gasteiger partial charge in [0.15, 0.2) is 5.78 Å². The number of amides is 1. The SMILES string of the molecule is O=C(CSCC1=Nc2ccccc2C(=O)C1)Nc1cccc(C(F)(F)F)c1. The van der Waals surface area contributed by atoms with Gasteiger partial charge in [-0.1, -0.05) is 18.2 Å². The van der Waals surface area contributed by atoms with Gasteiger partial charge in [-0.3, -0.25) is 14.6 Å². The van der Waals surface area contributed by atoms with Crippen LogP contribution in [0.2, 0.25) is 0 Å². The van der Waals surface area contributed by atoms with Gasteiger partial charge in [0.2, 0.25) is 5.91 Å². The van der Waals surface area contributed by atoms with Crippen molar-refractivity contribution in [3.05, 3.63) is 59.7 Å². The van der Waals surface area contributed by atoms with E-state index in [1.54, 1.807) is 24.3 Å². The molecule has 0 radical (unpaired) electrons. The summed E-state index contributed by atoms with van der Waals surface area (Å²) in [5, 5.41) is 2.45. The number of halogens is 3. The van der Waals surface area contributed by atoms with Gasteiger partial charge in [-0.05, 0) is 30.3 Å². The Morgan fingerprint density at radius 3 is 2.70 bits per heavy atom. The molecule has 2 aromatic rings. The first-order valence-corrected chi connectivity index (χ1v) is 9.22. The Morgan fingerprint density at radius 2 is 1.93 bits per heavy atom. The van der Waals surface area contributed by atoms with Crippen molar-refractivity contribution in [3.63, 3.8) is 0 Å². The zero-order valence-corrected chi connectivity index (χ0v) is 14.9. The fourth-order valence-corrected chi connectivity index (χ4v) is 3.37. The minimum atomic E-state index is -4.46. The molecule has 0 saturated carbocycles. The number of carbonyl (C=O) groups is 2. The molecule has 0 aromatic heterocycles. The van der Waals surface area contributed by atoms with Crippen LogP contribution >= 0.6 is 11.8 Å². The summed E-state index contributed by atoms with van der Waals surface area (Å²) >= 11 is 1.26. The van der Waals surface area contributed by atoms with Gasteiger partial charge in [0.05, 0.1) is 23.4 Å². The lowest BCUT2D eigenvalue weighted by atomic mass is 10.0. The largest absolute Gasteiger partial charge is 0.416 e. The van der Waals surface area contributed by atoms with Crippen LogP contribution in [0.15, 0.2) is 53.5 Å². The summed E-state index contributed by atoms with van der Waals surface area (Å²) in [6.45, 7) is 0. The third-order valence-corrected chi connectivity index (χ3v) is 4.83. The molecule has 27 heavy (non-hydrogen) atoms. The highest BCUT2D eigenvalue weighted by Crippen LogP contribution is 2.30. The minimum Gasteiger partial charge on any atom is -0.325 e. The monoisotopic (exact) mass is 392 g/mol. The number of Topliss-reactive ketones (excluding diaryl/α,β-unsaturated/α-hetero) is 1. The van der Waals surface area contributed by atoms with Crippen LogP contribution in [0.5, 0.6) is 0 Å². The Hall–Kier alpha value is -2.61. The van der Waals surface area contributed by atoms with Gasteiger partial charge < -0.3 is 5.32 Å². The van der Waals surface area contributed by atoms with E-state index in [0.29, 0.717) is 22.7 Å². The third kappa shape index (κ3) is 4.97. The molecule has 140 valence electrons. The predicted molar refractivity (Wildman–Crippen MR) is 99.9 cm³/mol. The van der Waals surface area contributed by atoms with Crippen LogP contribution in [0.4, 0.5) is 24.5 Å². The summed E-state index contributed by atoms with van der Waals surface area (Å²) in [4.78, 5) is 28.5. The zero-order valence-electron chi connectivity index (χ0n) is 14.0. The molecule has 0 aliphatic carbocycles. The van der Waals surface area contributed by atoms with Crippen molar-refractivity contribution in [3.8, 4) is 0 Å². The molecule has 1 aliphatic rings. The number of carbonyl (C=O) groups excluding carboxylic acids is 2. The standard InChI is InChI=1S/C19H15F3N2O2S/c20-19(21,22)12-4-3-5-13(8-12)24-18(26)11-27-10-14-9-17(25)15-6-1-2-7-16(15)23-14/h1-8H,9-11H2,(H,24,26). The third-order valence-electron chi connectivity index (χ3n) is 3.82. The smallest absolute Gasteiger partial charge is 0.325 e. The fraction of sp³-hybridized carbons (Fsp3) is 0.211. The van der Waals surface area contributed by atoms with E-state index in [1.807, 2.05) is 0 Å². The summed E-state index contributed by atoms with van der Waals surface area (Å²) in [6.07, 6.45) is -4.25. The number of thioether (sulfide) groups is 1. The van der Waals surface area contributed by atoms with Crippen molar-refractivity contribution in [1.82, 2.24) is 0 Å². The molecule has 1 heterocycles. The lowest BCUT2D eigenvalue weighted by Gasteiger charge is -2.14. The maximum absolute atomic E-state index is 12.7. The van der Waals surface area contributed by atoms with E-state index in [4.69, 9.17) is 0 Å². The molecule has 3 rings (SSSR count). The van der Waals surface area contributed by atoms with Gasteiger partial charge in [-0.2, -0.15) is 13.2 Å². The molecule has 4 nitrogen and oxygen atoms in total. The predicted octanol–water partition coefficient (Wildman–Crippen LogP) is 4.74. The highest BCUT2D eigenvalue weighted by molar-refractivity contribution is 8.00. The second-order valence-corrected chi connectivity index (χ2v) is 6.90. The summed E-state index contributed by atoms with van der Waals surface area (Å²) in [7, 11) is 0. The van der Waals surface area contributed by atoms with Crippen LogP contribution in [0.1, 0.15) is 22.3 Å². The fourth-order valence-electron chi connectivity index (χ4n) is 2.61.